The molecule has 146 valence electrons. The number of esters is 2. The van der Waals surface area contributed by atoms with E-state index >= 15 is 0 Å². The SMILES string of the molecule is CCOC(=O)c1c(C)[nH]c(C(=O)OCc2nc3cc(Cl)ccc3c(=O)[nH]2)c1C. The van der Waals surface area contributed by atoms with Crippen molar-refractivity contribution in [3.63, 3.8) is 0 Å². The largest absolute Gasteiger partial charge is 0.462 e. The number of hydrogen-bond acceptors (Lipinski definition) is 6. The van der Waals surface area contributed by atoms with Gasteiger partial charge >= 0.3 is 11.9 Å². The highest BCUT2D eigenvalue weighted by Crippen LogP contribution is 2.20. The lowest BCUT2D eigenvalue weighted by Crippen LogP contribution is -2.15. The second-order valence-corrected chi connectivity index (χ2v) is 6.53. The smallest absolute Gasteiger partial charge is 0.355 e. The molecule has 28 heavy (non-hydrogen) atoms. The molecule has 0 radical (unpaired) electrons. The number of fused-ring (bicyclic) bond motifs is 1. The highest BCUT2D eigenvalue weighted by Gasteiger charge is 2.24. The predicted octanol–water partition coefficient (Wildman–Crippen LogP) is 3.06. The minimum atomic E-state index is -0.676. The minimum Gasteiger partial charge on any atom is -0.462 e. The molecule has 0 spiro atoms. The number of halogens is 1. The quantitative estimate of drug-likeness (QED) is 0.633. The van der Waals surface area contributed by atoms with Crippen LogP contribution in [0, 0.1) is 13.8 Å². The molecule has 0 aliphatic rings. The van der Waals surface area contributed by atoms with Gasteiger partial charge in [0.2, 0.25) is 0 Å². The van der Waals surface area contributed by atoms with E-state index in [0.29, 0.717) is 32.7 Å². The number of carbonyl (C=O) groups excluding carboxylic acids is 2. The Labute approximate surface area is 164 Å². The Hall–Kier alpha value is -3.13. The summed E-state index contributed by atoms with van der Waals surface area (Å²) in [6.07, 6.45) is 0. The van der Waals surface area contributed by atoms with E-state index < -0.39 is 11.9 Å². The summed E-state index contributed by atoms with van der Waals surface area (Å²) < 4.78 is 10.3. The average Bonchev–Trinajstić information content (AvgIpc) is 2.94. The first kappa shape index (κ1) is 19.6. The van der Waals surface area contributed by atoms with Crippen LogP contribution in [0.25, 0.3) is 10.9 Å². The molecule has 1 aromatic carbocycles. The number of nitrogens with zero attached hydrogens (tertiary/aromatic N) is 1. The molecule has 0 aliphatic heterocycles. The highest BCUT2D eigenvalue weighted by atomic mass is 35.5. The maximum Gasteiger partial charge on any atom is 0.355 e. The van der Waals surface area contributed by atoms with Gasteiger partial charge in [0.15, 0.2) is 0 Å². The summed E-state index contributed by atoms with van der Waals surface area (Å²) in [5, 5.41) is 0.826. The van der Waals surface area contributed by atoms with Crippen molar-refractivity contribution < 1.29 is 19.1 Å². The Morgan fingerprint density at radius 1 is 1.14 bits per heavy atom. The van der Waals surface area contributed by atoms with Gasteiger partial charge in [-0.25, -0.2) is 14.6 Å². The van der Waals surface area contributed by atoms with E-state index in [0.717, 1.165) is 0 Å². The summed E-state index contributed by atoms with van der Waals surface area (Å²) in [7, 11) is 0. The lowest BCUT2D eigenvalue weighted by molar-refractivity contribution is 0.0455. The minimum absolute atomic E-state index is 0.145. The van der Waals surface area contributed by atoms with Crippen molar-refractivity contribution in [3.05, 3.63) is 61.9 Å². The Morgan fingerprint density at radius 3 is 2.61 bits per heavy atom. The number of nitrogens with one attached hydrogen (secondary N) is 2. The van der Waals surface area contributed by atoms with Gasteiger partial charge in [-0.1, -0.05) is 11.6 Å². The second-order valence-electron chi connectivity index (χ2n) is 6.10. The van der Waals surface area contributed by atoms with Crippen LogP contribution in [0.4, 0.5) is 0 Å². The molecule has 2 aromatic heterocycles. The summed E-state index contributed by atoms with van der Waals surface area (Å²) in [5.41, 5.74) is 1.44. The van der Waals surface area contributed by atoms with Gasteiger partial charge < -0.3 is 19.4 Å². The molecule has 0 saturated heterocycles. The fraction of sp³-hybridized carbons (Fsp3) is 0.263. The van der Waals surface area contributed by atoms with Crippen LogP contribution in [0.5, 0.6) is 0 Å². The third kappa shape index (κ3) is 3.77. The van der Waals surface area contributed by atoms with E-state index in [2.05, 4.69) is 15.0 Å². The van der Waals surface area contributed by atoms with Crippen molar-refractivity contribution in [3.8, 4) is 0 Å². The number of benzene rings is 1. The molecule has 0 bridgehead atoms. The molecule has 3 aromatic rings. The number of hydrogen-bond donors (Lipinski definition) is 2. The van der Waals surface area contributed by atoms with Crippen LogP contribution >= 0.6 is 11.6 Å². The van der Waals surface area contributed by atoms with Crippen molar-refractivity contribution in [1.82, 2.24) is 15.0 Å². The van der Waals surface area contributed by atoms with E-state index in [9.17, 15) is 14.4 Å². The van der Waals surface area contributed by atoms with E-state index in [-0.39, 0.29) is 30.3 Å². The molecule has 0 amide bonds. The van der Waals surface area contributed by atoms with Gasteiger partial charge in [-0.05, 0) is 44.5 Å². The number of aromatic amines is 2. The first-order valence-corrected chi connectivity index (χ1v) is 8.91. The lowest BCUT2D eigenvalue weighted by Gasteiger charge is -2.06. The van der Waals surface area contributed by atoms with Crippen molar-refractivity contribution in [1.29, 1.82) is 0 Å². The standard InChI is InChI=1S/C19H18ClN3O5/c1-4-27-18(25)15-9(2)16(21-10(15)3)19(26)28-8-14-22-13-7-11(20)5-6-12(13)17(24)23-14/h5-7,21H,4,8H2,1-3H3,(H,22,23,24). The van der Waals surface area contributed by atoms with Gasteiger partial charge in [-0.3, -0.25) is 4.79 Å². The van der Waals surface area contributed by atoms with E-state index in [1.165, 1.54) is 0 Å². The Balaban J connectivity index is 1.81. The monoisotopic (exact) mass is 403 g/mol. The molecule has 9 heteroatoms. The normalized spacial score (nSPS) is 10.9. The fourth-order valence-electron chi connectivity index (χ4n) is 2.90. The maximum atomic E-state index is 12.4. The van der Waals surface area contributed by atoms with Gasteiger partial charge in [0, 0.05) is 10.7 Å². The molecule has 8 nitrogen and oxygen atoms in total. The van der Waals surface area contributed by atoms with Crippen molar-refractivity contribution in [2.45, 2.75) is 27.4 Å². The number of H-pyrrole nitrogens is 2. The number of aryl methyl sites for hydroxylation is 1. The average molecular weight is 404 g/mol. The molecule has 2 heterocycles. The van der Waals surface area contributed by atoms with Gasteiger partial charge in [-0.15, -0.1) is 0 Å². The van der Waals surface area contributed by atoms with Crippen LogP contribution in [0.15, 0.2) is 23.0 Å². The second kappa shape index (κ2) is 7.85. The van der Waals surface area contributed by atoms with Crippen LogP contribution in [0.1, 0.15) is 44.9 Å². The zero-order valence-electron chi connectivity index (χ0n) is 15.5. The zero-order valence-corrected chi connectivity index (χ0v) is 16.3. The Morgan fingerprint density at radius 2 is 1.89 bits per heavy atom. The van der Waals surface area contributed by atoms with Crippen LogP contribution in [-0.4, -0.2) is 33.5 Å². The predicted molar refractivity (Wildman–Crippen MR) is 103 cm³/mol. The zero-order chi connectivity index (χ0) is 20.4. The molecule has 0 unspecified atom stereocenters. The number of aromatic nitrogens is 3. The number of carbonyl (C=O) groups is 2. The molecular weight excluding hydrogens is 386 g/mol. The third-order valence-corrected chi connectivity index (χ3v) is 4.41. The summed E-state index contributed by atoms with van der Waals surface area (Å²) in [6, 6.07) is 4.72. The Bertz CT molecular complexity index is 1130. The van der Waals surface area contributed by atoms with Crippen molar-refractivity contribution in [2.75, 3.05) is 6.61 Å². The van der Waals surface area contributed by atoms with Crippen molar-refractivity contribution in [2.24, 2.45) is 0 Å². The van der Waals surface area contributed by atoms with Gasteiger partial charge in [0.25, 0.3) is 5.56 Å². The fourth-order valence-corrected chi connectivity index (χ4v) is 3.07. The van der Waals surface area contributed by atoms with Crippen LogP contribution in [-0.2, 0) is 16.1 Å². The molecule has 0 atom stereocenters. The van der Waals surface area contributed by atoms with Crippen molar-refractivity contribution >= 4 is 34.4 Å². The van der Waals surface area contributed by atoms with E-state index in [4.69, 9.17) is 21.1 Å². The maximum absolute atomic E-state index is 12.4. The molecule has 0 fully saturated rings. The van der Waals surface area contributed by atoms with E-state index in [1.54, 1.807) is 39.0 Å². The first-order chi connectivity index (χ1) is 13.3. The molecule has 3 rings (SSSR count). The molecule has 0 saturated carbocycles. The number of rotatable bonds is 5. The van der Waals surface area contributed by atoms with Crippen LogP contribution < -0.4 is 5.56 Å². The lowest BCUT2D eigenvalue weighted by atomic mass is 10.1. The molecule has 0 aliphatic carbocycles. The topological polar surface area (TPSA) is 114 Å². The third-order valence-electron chi connectivity index (χ3n) is 4.18. The molecular formula is C19H18ClN3O5. The highest BCUT2D eigenvalue weighted by molar-refractivity contribution is 6.31. The Kier molecular flexibility index (Phi) is 5.51. The summed E-state index contributed by atoms with van der Waals surface area (Å²) in [6.45, 7) is 4.98. The first-order valence-electron chi connectivity index (χ1n) is 8.53. The van der Waals surface area contributed by atoms with Crippen LogP contribution in [0.2, 0.25) is 5.02 Å². The summed E-state index contributed by atoms with van der Waals surface area (Å²) >= 11 is 5.93. The van der Waals surface area contributed by atoms with Gasteiger partial charge in [0.1, 0.15) is 18.1 Å². The molecule has 2 N–H and O–H groups in total. The van der Waals surface area contributed by atoms with Gasteiger partial charge in [-0.2, -0.15) is 0 Å². The summed E-state index contributed by atoms with van der Waals surface area (Å²) in [5.74, 6) is -1.00. The summed E-state index contributed by atoms with van der Waals surface area (Å²) in [4.78, 5) is 46.3. The van der Waals surface area contributed by atoms with Crippen LogP contribution in [0.3, 0.4) is 0 Å². The number of ether oxygens (including phenoxy) is 2. The van der Waals surface area contributed by atoms with Gasteiger partial charge in [0.05, 0.1) is 23.1 Å². The van der Waals surface area contributed by atoms with E-state index in [1.807, 2.05) is 0 Å².